The lowest BCUT2D eigenvalue weighted by Gasteiger charge is -2.09. The molecule has 0 atom stereocenters. The summed E-state index contributed by atoms with van der Waals surface area (Å²) in [5.74, 6) is 0.474. The highest BCUT2D eigenvalue weighted by atomic mass is 79.9. The lowest BCUT2D eigenvalue weighted by molar-refractivity contribution is -0.121. The number of unbranched alkanes of at least 4 members (excludes halogenated alkanes) is 12. The largest absolute Gasteiger partial charge is 0.494 e. The third-order valence-corrected chi connectivity index (χ3v) is 7.13. The number of carbonyl (C=O) groups is 2. The number of nitrogens with zero attached hydrogens (tertiary/aromatic N) is 1. The summed E-state index contributed by atoms with van der Waals surface area (Å²) >= 11 is 3.44. The van der Waals surface area contributed by atoms with Gasteiger partial charge in [-0.05, 0) is 55.3 Å². The van der Waals surface area contributed by atoms with Crippen molar-refractivity contribution in [2.24, 2.45) is 5.10 Å². The molecule has 0 bridgehead atoms. The minimum Gasteiger partial charge on any atom is -0.494 e. The van der Waals surface area contributed by atoms with Crippen molar-refractivity contribution in [3.63, 3.8) is 0 Å². The maximum atomic E-state index is 12.7. The summed E-state index contributed by atoms with van der Waals surface area (Å²) in [5, 5.41) is 4.09. The van der Waals surface area contributed by atoms with Crippen LogP contribution < -0.4 is 14.9 Å². The maximum Gasteiger partial charge on any atom is 0.343 e. The molecule has 2 aromatic carbocycles. The number of amides is 1. The molecule has 0 fully saturated rings. The van der Waals surface area contributed by atoms with Crippen LogP contribution in [0.15, 0.2) is 52.0 Å². The normalized spacial score (nSPS) is 11.1. The van der Waals surface area contributed by atoms with Crippen LogP contribution in [0.25, 0.3) is 0 Å². The first-order valence-electron chi connectivity index (χ1n) is 15.1. The van der Waals surface area contributed by atoms with Crippen molar-refractivity contribution in [3.05, 3.63) is 58.1 Å². The van der Waals surface area contributed by atoms with Gasteiger partial charge in [-0.3, -0.25) is 4.79 Å². The molecule has 2 rings (SSSR count). The molecule has 2 aromatic rings. The Morgan fingerprint density at radius 1 is 0.800 bits per heavy atom. The van der Waals surface area contributed by atoms with E-state index in [0.29, 0.717) is 35.7 Å². The third-order valence-electron chi connectivity index (χ3n) is 6.64. The van der Waals surface area contributed by atoms with E-state index in [0.717, 1.165) is 23.7 Å². The molecule has 1 amide bonds. The van der Waals surface area contributed by atoms with Gasteiger partial charge in [-0.1, -0.05) is 107 Å². The Hall–Kier alpha value is -2.67. The summed E-state index contributed by atoms with van der Waals surface area (Å²) in [6.07, 6.45) is 19.4. The number of ether oxygens (including phenoxy) is 2. The second-order valence-electron chi connectivity index (χ2n) is 10.2. The lowest BCUT2D eigenvalue weighted by Crippen LogP contribution is -2.17. The van der Waals surface area contributed by atoms with E-state index in [2.05, 4.69) is 33.4 Å². The number of carbonyl (C=O) groups excluding carboxylic acids is 2. The van der Waals surface area contributed by atoms with Crippen LogP contribution in [0, 0.1) is 0 Å². The summed E-state index contributed by atoms with van der Waals surface area (Å²) in [4.78, 5) is 24.9. The Balaban J connectivity index is 1.66. The average molecular weight is 616 g/mol. The van der Waals surface area contributed by atoms with Crippen LogP contribution in [0.3, 0.4) is 0 Å². The second-order valence-corrected chi connectivity index (χ2v) is 11.1. The van der Waals surface area contributed by atoms with Crippen LogP contribution in [0.1, 0.15) is 126 Å². The summed E-state index contributed by atoms with van der Waals surface area (Å²) in [5.41, 5.74) is 3.58. The molecule has 0 aliphatic carbocycles. The molecule has 0 heterocycles. The molecule has 0 saturated heterocycles. The lowest BCUT2D eigenvalue weighted by atomic mass is 10.0. The van der Waals surface area contributed by atoms with E-state index in [1.165, 1.54) is 76.8 Å². The van der Waals surface area contributed by atoms with E-state index < -0.39 is 5.97 Å². The molecule has 7 heteroatoms. The van der Waals surface area contributed by atoms with Crippen molar-refractivity contribution in [3.8, 4) is 11.5 Å². The van der Waals surface area contributed by atoms with Gasteiger partial charge in [-0.25, -0.2) is 10.2 Å². The van der Waals surface area contributed by atoms with Crippen molar-refractivity contribution in [2.45, 2.75) is 110 Å². The summed E-state index contributed by atoms with van der Waals surface area (Å²) in [7, 11) is 0. The van der Waals surface area contributed by atoms with Gasteiger partial charge in [0, 0.05) is 16.5 Å². The van der Waals surface area contributed by atoms with Gasteiger partial charge in [0.25, 0.3) is 0 Å². The second kappa shape index (κ2) is 21.1. The zero-order chi connectivity index (χ0) is 28.8. The number of hydrogen-bond donors (Lipinski definition) is 1. The Morgan fingerprint density at radius 3 is 2.00 bits per heavy atom. The minimum atomic E-state index is -0.481. The molecule has 1 N–H and O–H groups in total. The van der Waals surface area contributed by atoms with Gasteiger partial charge in [0.15, 0.2) is 0 Å². The molecule has 220 valence electrons. The molecule has 0 unspecified atom stereocenters. The van der Waals surface area contributed by atoms with Crippen molar-refractivity contribution in [2.75, 3.05) is 6.61 Å². The van der Waals surface area contributed by atoms with Crippen molar-refractivity contribution in [1.82, 2.24) is 5.43 Å². The predicted molar refractivity (Wildman–Crippen MR) is 167 cm³/mol. The van der Waals surface area contributed by atoms with Gasteiger partial charge in [-0.15, -0.1) is 0 Å². The van der Waals surface area contributed by atoms with Crippen LogP contribution in [-0.2, 0) is 4.79 Å². The number of halogens is 1. The quantitative estimate of drug-likeness (QED) is 0.0499. The first-order chi connectivity index (χ1) is 19.5. The zero-order valence-electron chi connectivity index (χ0n) is 24.4. The molecule has 0 aliphatic rings. The smallest absolute Gasteiger partial charge is 0.343 e. The summed E-state index contributed by atoms with van der Waals surface area (Å²) in [6.45, 7) is 4.92. The highest BCUT2D eigenvalue weighted by molar-refractivity contribution is 9.10. The van der Waals surface area contributed by atoms with Gasteiger partial charge in [-0.2, -0.15) is 5.10 Å². The van der Waals surface area contributed by atoms with Crippen molar-refractivity contribution in [1.29, 1.82) is 0 Å². The van der Waals surface area contributed by atoms with Crippen LogP contribution >= 0.6 is 15.9 Å². The number of nitrogens with one attached hydrogen (secondary N) is 1. The first kappa shape index (κ1) is 33.5. The average Bonchev–Trinajstić information content (AvgIpc) is 2.96. The molecule has 0 saturated carbocycles. The number of hydrogen-bond acceptors (Lipinski definition) is 5. The summed E-state index contributed by atoms with van der Waals surface area (Å²) in [6, 6.07) is 12.1. The van der Waals surface area contributed by atoms with E-state index in [1.807, 2.05) is 6.92 Å². The molecule has 0 aliphatic heterocycles. The highest BCUT2D eigenvalue weighted by Crippen LogP contribution is 2.23. The fraction of sp³-hybridized carbons (Fsp3) is 0.545. The third kappa shape index (κ3) is 14.6. The Kier molecular flexibility index (Phi) is 17.7. The number of benzene rings is 2. The topological polar surface area (TPSA) is 77.0 Å². The van der Waals surface area contributed by atoms with Crippen LogP contribution in [0.4, 0.5) is 0 Å². The molecular weight excluding hydrogens is 568 g/mol. The Morgan fingerprint density at radius 2 is 1.40 bits per heavy atom. The van der Waals surface area contributed by atoms with Gasteiger partial charge in [0.2, 0.25) is 5.91 Å². The van der Waals surface area contributed by atoms with Gasteiger partial charge < -0.3 is 9.47 Å². The van der Waals surface area contributed by atoms with Crippen molar-refractivity contribution >= 4 is 34.0 Å². The number of rotatable bonds is 21. The SMILES string of the molecule is CCCCCCCCCCCCCCCC(=O)N/N=C\c1cc(Br)ccc1OC(=O)c1ccc(OCCC)cc1. The molecule has 0 aromatic heterocycles. The molecule has 40 heavy (non-hydrogen) atoms. The van der Waals surface area contributed by atoms with E-state index >= 15 is 0 Å². The zero-order valence-corrected chi connectivity index (χ0v) is 26.0. The fourth-order valence-corrected chi connectivity index (χ4v) is 4.69. The van der Waals surface area contributed by atoms with Gasteiger partial charge in [0.1, 0.15) is 11.5 Å². The molecular formula is C33H47BrN2O4. The van der Waals surface area contributed by atoms with E-state index in [9.17, 15) is 9.59 Å². The maximum absolute atomic E-state index is 12.7. The van der Waals surface area contributed by atoms with E-state index in [4.69, 9.17) is 9.47 Å². The van der Waals surface area contributed by atoms with E-state index in [-0.39, 0.29) is 5.91 Å². The molecule has 6 nitrogen and oxygen atoms in total. The van der Waals surface area contributed by atoms with Crippen LogP contribution in [0.2, 0.25) is 0 Å². The van der Waals surface area contributed by atoms with E-state index in [1.54, 1.807) is 42.5 Å². The van der Waals surface area contributed by atoms with Gasteiger partial charge in [0.05, 0.1) is 18.4 Å². The van der Waals surface area contributed by atoms with Crippen LogP contribution in [-0.4, -0.2) is 24.7 Å². The molecule has 0 radical (unpaired) electrons. The monoisotopic (exact) mass is 614 g/mol. The Labute approximate surface area is 249 Å². The number of hydrazone groups is 1. The predicted octanol–water partition coefficient (Wildman–Crippen LogP) is 9.39. The van der Waals surface area contributed by atoms with Crippen molar-refractivity contribution < 1.29 is 19.1 Å². The fourth-order valence-electron chi connectivity index (χ4n) is 4.31. The molecule has 0 spiro atoms. The standard InChI is InChI=1S/C33H47BrN2O4/c1-3-5-6-7-8-9-10-11-12-13-14-15-16-17-32(37)36-35-26-28-25-29(34)20-23-31(28)40-33(38)27-18-21-30(22-19-27)39-24-4-2/h18-23,25-26H,3-17,24H2,1-2H3,(H,36,37)/b35-26-. The van der Waals surface area contributed by atoms with Gasteiger partial charge >= 0.3 is 5.97 Å². The summed E-state index contributed by atoms with van der Waals surface area (Å²) < 4.78 is 12.0. The first-order valence-corrected chi connectivity index (χ1v) is 15.9. The van der Waals surface area contributed by atoms with Crippen LogP contribution in [0.5, 0.6) is 11.5 Å². The highest BCUT2D eigenvalue weighted by Gasteiger charge is 2.12. The Bertz CT molecular complexity index is 1020. The number of esters is 1. The minimum absolute atomic E-state index is 0.113.